The third-order valence-electron chi connectivity index (χ3n) is 4.03. The zero-order valence-corrected chi connectivity index (χ0v) is 11.1. The standard InChI is InChI=1S/C15H24N2/c1-13(14-8-4-7-11-16-14)17-12-15(2)9-5-3-6-10-15/h4,7-8,11,13,17H,3,5-6,9-10,12H2,1-2H3. The van der Waals surface area contributed by atoms with Gasteiger partial charge in [0.1, 0.15) is 0 Å². The molecule has 0 aromatic carbocycles. The van der Waals surface area contributed by atoms with Crippen LogP contribution >= 0.6 is 0 Å². The summed E-state index contributed by atoms with van der Waals surface area (Å²) in [6.07, 6.45) is 8.83. The lowest BCUT2D eigenvalue weighted by Gasteiger charge is -2.34. The van der Waals surface area contributed by atoms with Gasteiger partial charge in [0.2, 0.25) is 0 Å². The van der Waals surface area contributed by atoms with Gasteiger partial charge in [-0.05, 0) is 37.3 Å². The van der Waals surface area contributed by atoms with Crippen LogP contribution in [0.25, 0.3) is 0 Å². The third kappa shape index (κ3) is 3.53. The number of rotatable bonds is 4. The van der Waals surface area contributed by atoms with Gasteiger partial charge in [0, 0.05) is 18.8 Å². The average Bonchev–Trinajstić information content (AvgIpc) is 2.38. The molecule has 1 aromatic rings. The summed E-state index contributed by atoms with van der Waals surface area (Å²) in [5, 5.41) is 3.65. The fraction of sp³-hybridized carbons (Fsp3) is 0.667. The van der Waals surface area contributed by atoms with E-state index in [1.54, 1.807) is 0 Å². The Labute approximate surface area is 105 Å². The van der Waals surface area contributed by atoms with Crippen molar-refractivity contribution in [1.82, 2.24) is 10.3 Å². The van der Waals surface area contributed by atoms with E-state index in [9.17, 15) is 0 Å². The molecule has 0 aliphatic heterocycles. The molecule has 2 rings (SSSR count). The van der Waals surface area contributed by atoms with E-state index in [1.165, 1.54) is 32.1 Å². The molecule has 2 heteroatoms. The van der Waals surface area contributed by atoms with Gasteiger partial charge in [-0.2, -0.15) is 0 Å². The zero-order chi connectivity index (χ0) is 12.1. The minimum Gasteiger partial charge on any atom is -0.308 e. The highest BCUT2D eigenvalue weighted by Crippen LogP contribution is 2.35. The van der Waals surface area contributed by atoms with Crippen LogP contribution in [0.2, 0.25) is 0 Å². The molecule has 0 radical (unpaired) electrons. The van der Waals surface area contributed by atoms with Gasteiger partial charge in [-0.1, -0.05) is 32.3 Å². The summed E-state index contributed by atoms with van der Waals surface area (Å²) in [5.41, 5.74) is 1.65. The minimum atomic E-state index is 0.356. The van der Waals surface area contributed by atoms with Crippen LogP contribution in [-0.2, 0) is 0 Å². The molecule has 1 heterocycles. The van der Waals surface area contributed by atoms with Gasteiger partial charge in [0.15, 0.2) is 0 Å². The highest BCUT2D eigenvalue weighted by Gasteiger charge is 2.26. The molecular weight excluding hydrogens is 208 g/mol. The van der Waals surface area contributed by atoms with Gasteiger partial charge in [-0.25, -0.2) is 0 Å². The summed E-state index contributed by atoms with van der Waals surface area (Å²) >= 11 is 0. The first-order chi connectivity index (χ1) is 8.20. The summed E-state index contributed by atoms with van der Waals surface area (Å²) in [4.78, 5) is 4.40. The van der Waals surface area contributed by atoms with E-state index in [2.05, 4.69) is 36.3 Å². The van der Waals surface area contributed by atoms with Crippen molar-refractivity contribution in [3.05, 3.63) is 30.1 Å². The quantitative estimate of drug-likeness (QED) is 0.856. The maximum absolute atomic E-state index is 4.40. The van der Waals surface area contributed by atoms with E-state index in [0.29, 0.717) is 11.5 Å². The average molecular weight is 232 g/mol. The number of pyridine rings is 1. The molecule has 1 aromatic heterocycles. The van der Waals surface area contributed by atoms with Crippen molar-refractivity contribution in [2.24, 2.45) is 5.41 Å². The van der Waals surface area contributed by atoms with Crippen LogP contribution in [0, 0.1) is 5.41 Å². The van der Waals surface area contributed by atoms with Crippen LogP contribution in [0.3, 0.4) is 0 Å². The maximum Gasteiger partial charge on any atom is 0.0570 e. The summed E-state index contributed by atoms with van der Waals surface area (Å²) < 4.78 is 0. The van der Waals surface area contributed by atoms with E-state index in [-0.39, 0.29) is 0 Å². The molecule has 17 heavy (non-hydrogen) atoms. The zero-order valence-electron chi connectivity index (χ0n) is 11.1. The van der Waals surface area contributed by atoms with Gasteiger partial charge in [0.25, 0.3) is 0 Å². The third-order valence-corrected chi connectivity index (χ3v) is 4.03. The van der Waals surface area contributed by atoms with Gasteiger partial charge >= 0.3 is 0 Å². The SMILES string of the molecule is CC(NCC1(C)CCCCC1)c1ccccn1. The first kappa shape index (κ1) is 12.6. The number of hydrogen-bond acceptors (Lipinski definition) is 2. The molecule has 0 bridgehead atoms. The second kappa shape index (κ2) is 5.63. The van der Waals surface area contributed by atoms with Crippen molar-refractivity contribution < 1.29 is 0 Å². The summed E-state index contributed by atoms with van der Waals surface area (Å²) in [7, 11) is 0. The number of aromatic nitrogens is 1. The monoisotopic (exact) mass is 232 g/mol. The molecule has 1 saturated carbocycles. The largest absolute Gasteiger partial charge is 0.308 e. The van der Waals surface area contributed by atoms with E-state index < -0.39 is 0 Å². The van der Waals surface area contributed by atoms with Crippen LogP contribution in [0.5, 0.6) is 0 Å². The maximum atomic E-state index is 4.40. The summed E-state index contributed by atoms with van der Waals surface area (Å²) in [5.74, 6) is 0. The molecule has 94 valence electrons. The Bertz CT molecular complexity index is 328. The second-order valence-electron chi connectivity index (χ2n) is 5.73. The Hall–Kier alpha value is -0.890. The van der Waals surface area contributed by atoms with Gasteiger partial charge in [0.05, 0.1) is 5.69 Å². The Balaban J connectivity index is 1.85. The molecule has 1 fully saturated rings. The number of hydrogen-bond donors (Lipinski definition) is 1. The van der Waals surface area contributed by atoms with Crippen molar-refractivity contribution in [2.45, 2.75) is 52.0 Å². The lowest BCUT2D eigenvalue weighted by Crippen LogP contribution is -2.35. The number of nitrogens with zero attached hydrogens (tertiary/aromatic N) is 1. The molecule has 0 amide bonds. The van der Waals surface area contributed by atoms with Crippen LogP contribution in [0.4, 0.5) is 0 Å². The molecule has 0 spiro atoms. The molecule has 0 saturated heterocycles. The van der Waals surface area contributed by atoms with E-state index in [1.807, 2.05) is 12.3 Å². The molecular formula is C15H24N2. The van der Waals surface area contributed by atoms with Crippen molar-refractivity contribution in [2.75, 3.05) is 6.54 Å². The Kier molecular flexibility index (Phi) is 4.16. The van der Waals surface area contributed by atoms with Crippen molar-refractivity contribution >= 4 is 0 Å². The van der Waals surface area contributed by atoms with E-state index in [4.69, 9.17) is 0 Å². The van der Waals surface area contributed by atoms with Gasteiger partial charge in [-0.15, -0.1) is 0 Å². The predicted octanol–water partition coefficient (Wildman–Crippen LogP) is 3.70. The smallest absolute Gasteiger partial charge is 0.0570 e. The van der Waals surface area contributed by atoms with Crippen molar-refractivity contribution in [1.29, 1.82) is 0 Å². The molecule has 1 unspecified atom stereocenters. The summed E-state index contributed by atoms with van der Waals surface area (Å²) in [6, 6.07) is 6.48. The van der Waals surface area contributed by atoms with Crippen LogP contribution < -0.4 is 5.32 Å². The lowest BCUT2D eigenvalue weighted by molar-refractivity contribution is 0.201. The fourth-order valence-corrected chi connectivity index (χ4v) is 2.72. The Morgan fingerprint density at radius 3 is 2.71 bits per heavy atom. The highest BCUT2D eigenvalue weighted by molar-refractivity contribution is 5.07. The predicted molar refractivity (Wildman–Crippen MR) is 71.8 cm³/mol. The first-order valence-electron chi connectivity index (χ1n) is 6.84. The van der Waals surface area contributed by atoms with Crippen LogP contribution in [-0.4, -0.2) is 11.5 Å². The number of nitrogens with one attached hydrogen (secondary N) is 1. The molecule has 1 atom stereocenters. The van der Waals surface area contributed by atoms with Crippen molar-refractivity contribution in [3.8, 4) is 0 Å². The van der Waals surface area contributed by atoms with Crippen LogP contribution in [0.1, 0.15) is 57.7 Å². The van der Waals surface area contributed by atoms with Gasteiger partial charge in [-0.3, -0.25) is 4.98 Å². The lowest BCUT2D eigenvalue weighted by atomic mass is 9.75. The minimum absolute atomic E-state index is 0.356. The first-order valence-corrected chi connectivity index (χ1v) is 6.84. The summed E-state index contributed by atoms with van der Waals surface area (Å²) in [6.45, 7) is 5.74. The van der Waals surface area contributed by atoms with E-state index in [0.717, 1.165) is 12.2 Å². The Morgan fingerprint density at radius 1 is 1.29 bits per heavy atom. The second-order valence-corrected chi connectivity index (χ2v) is 5.73. The topological polar surface area (TPSA) is 24.9 Å². The van der Waals surface area contributed by atoms with Crippen molar-refractivity contribution in [3.63, 3.8) is 0 Å². The van der Waals surface area contributed by atoms with Crippen LogP contribution in [0.15, 0.2) is 24.4 Å². The van der Waals surface area contributed by atoms with Gasteiger partial charge < -0.3 is 5.32 Å². The molecule has 2 nitrogen and oxygen atoms in total. The highest BCUT2D eigenvalue weighted by atomic mass is 14.9. The molecule has 1 aliphatic carbocycles. The fourth-order valence-electron chi connectivity index (χ4n) is 2.72. The Morgan fingerprint density at radius 2 is 2.06 bits per heavy atom. The normalized spacial score (nSPS) is 21.1. The molecule has 1 N–H and O–H groups in total. The molecule has 1 aliphatic rings. The van der Waals surface area contributed by atoms with E-state index >= 15 is 0 Å².